The maximum Gasteiger partial charge on any atom is 1.00 e. The van der Waals surface area contributed by atoms with E-state index < -0.39 is 54.9 Å². The van der Waals surface area contributed by atoms with E-state index in [1.807, 2.05) is 0 Å². The van der Waals surface area contributed by atoms with Gasteiger partial charge in [0, 0.05) is 16.7 Å². The van der Waals surface area contributed by atoms with Crippen molar-refractivity contribution in [2.24, 2.45) is 0 Å². The molecule has 0 amide bonds. The van der Waals surface area contributed by atoms with E-state index in [0.29, 0.717) is 0 Å². The molecular formula is C14H8NNaO7S. The molecule has 118 valence electrons. The molecule has 0 fully saturated rings. The third-order valence-corrected chi connectivity index (χ3v) is 4.45. The summed E-state index contributed by atoms with van der Waals surface area (Å²) in [5.41, 5.74) is 3.34. The molecule has 0 radical (unpaired) electrons. The number of hydrogen-bond donors (Lipinski definition) is 3. The van der Waals surface area contributed by atoms with Gasteiger partial charge in [0.15, 0.2) is 17.3 Å². The van der Waals surface area contributed by atoms with E-state index in [2.05, 4.69) is 0 Å². The van der Waals surface area contributed by atoms with Crippen LogP contribution in [-0.2, 0) is 10.1 Å². The van der Waals surface area contributed by atoms with Crippen LogP contribution in [0.3, 0.4) is 0 Å². The molecule has 2 aromatic carbocycles. The molecule has 0 heterocycles. The number of nitrogens with two attached hydrogens (primary N) is 1. The monoisotopic (exact) mass is 357 g/mol. The maximum atomic E-state index is 12.5. The molecule has 24 heavy (non-hydrogen) atoms. The fourth-order valence-electron chi connectivity index (χ4n) is 2.55. The van der Waals surface area contributed by atoms with E-state index in [-0.39, 0.29) is 40.7 Å². The Bertz CT molecular complexity index is 1010. The van der Waals surface area contributed by atoms with Gasteiger partial charge < -0.3 is 15.9 Å². The van der Waals surface area contributed by atoms with Crippen molar-refractivity contribution in [3.8, 4) is 11.5 Å². The van der Waals surface area contributed by atoms with Crippen molar-refractivity contribution in [3.63, 3.8) is 0 Å². The number of rotatable bonds is 1. The average molecular weight is 357 g/mol. The fraction of sp³-hybridized carbons (Fsp3) is 0. The van der Waals surface area contributed by atoms with Gasteiger partial charge in [-0.1, -0.05) is 30.0 Å². The third kappa shape index (κ3) is 2.41. The van der Waals surface area contributed by atoms with Crippen molar-refractivity contribution in [2.45, 2.75) is 4.90 Å². The summed E-state index contributed by atoms with van der Waals surface area (Å²) in [5, 5.41) is 22.1. The normalized spacial score (nSPS) is 13.0. The first-order valence-corrected chi connectivity index (χ1v) is 7.61. The molecular weight excluding hydrogens is 349 g/mol. The number of benzene rings is 2. The van der Waals surface area contributed by atoms with Gasteiger partial charge >= 0.3 is 29.6 Å². The van der Waals surface area contributed by atoms with Crippen LogP contribution in [0.1, 0.15) is 31.8 Å². The van der Waals surface area contributed by atoms with Crippen molar-refractivity contribution in [3.05, 3.63) is 46.5 Å². The number of phenols is 1. The van der Waals surface area contributed by atoms with Gasteiger partial charge in [-0.2, -0.15) is 8.42 Å². The Labute approximate surface area is 158 Å². The van der Waals surface area contributed by atoms with Crippen LogP contribution < -0.4 is 40.4 Å². The second-order valence-corrected chi connectivity index (χ2v) is 6.21. The average Bonchev–Trinajstić information content (AvgIpc) is 2.47. The van der Waals surface area contributed by atoms with Gasteiger partial charge in [-0.15, -0.1) is 0 Å². The van der Waals surface area contributed by atoms with Gasteiger partial charge in [-0.25, -0.2) is 0 Å². The standard InChI is InChI=1S/C14H9NO7S.Na/c15-9-7-8(12(18)14(13(9)19)23(20,21)22)11(17)6-4-2-1-3-5(6)10(7)16;/h1-4,18-19H,15H2,(H,20,21,22);/q;+1/p-1. The first-order valence-electron chi connectivity index (χ1n) is 6.17. The molecule has 10 heteroatoms. The summed E-state index contributed by atoms with van der Waals surface area (Å²) in [5.74, 6) is -4.42. The predicted molar refractivity (Wildman–Crippen MR) is 75.1 cm³/mol. The zero-order valence-electron chi connectivity index (χ0n) is 12.2. The largest absolute Gasteiger partial charge is 1.00 e. The number of carbonyl (C=O) groups is 2. The van der Waals surface area contributed by atoms with Crippen molar-refractivity contribution in [1.82, 2.24) is 0 Å². The number of aromatic hydroxyl groups is 1. The van der Waals surface area contributed by atoms with Gasteiger partial charge in [0.05, 0.1) is 11.3 Å². The molecule has 0 atom stereocenters. The SMILES string of the molecule is Nc1c(O)c(S(=O)(=O)O)c([O-])c2c1C(=O)c1ccccc1C2=O.[Na+]. The van der Waals surface area contributed by atoms with Gasteiger partial charge in [0.25, 0.3) is 10.1 Å². The molecule has 0 saturated carbocycles. The zero-order valence-corrected chi connectivity index (χ0v) is 15.0. The minimum absolute atomic E-state index is 0. The second kappa shape index (κ2) is 5.87. The summed E-state index contributed by atoms with van der Waals surface area (Å²) in [6.07, 6.45) is 0. The Morgan fingerprint density at radius 2 is 1.46 bits per heavy atom. The third-order valence-electron chi connectivity index (χ3n) is 3.55. The first kappa shape index (κ1) is 18.4. The fourth-order valence-corrected chi connectivity index (χ4v) is 3.24. The number of nitrogen functional groups attached to an aromatic ring is 1. The number of phenolic OH excluding ortho intramolecular Hbond substituents is 1. The van der Waals surface area contributed by atoms with Gasteiger partial charge in [-0.05, 0) is 0 Å². The molecule has 0 aliphatic heterocycles. The van der Waals surface area contributed by atoms with Crippen LogP contribution in [0.15, 0.2) is 29.2 Å². The molecule has 2 aromatic rings. The molecule has 1 aliphatic rings. The van der Waals surface area contributed by atoms with Gasteiger partial charge in [0.2, 0.25) is 0 Å². The van der Waals surface area contributed by atoms with Gasteiger partial charge in [0.1, 0.15) is 4.90 Å². The van der Waals surface area contributed by atoms with Crippen LogP contribution >= 0.6 is 0 Å². The summed E-state index contributed by atoms with van der Waals surface area (Å²) in [6.45, 7) is 0. The number of carbonyl (C=O) groups excluding carboxylic acids is 2. The summed E-state index contributed by atoms with van der Waals surface area (Å²) in [6, 6.07) is 5.60. The predicted octanol–water partition coefficient (Wildman–Crippen LogP) is -2.93. The van der Waals surface area contributed by atoms with Crippen molar-refractivity contribution >= 4 is 27.4 Å². The first-order chi connectivity index (χ1) is 10.7. The van der Waals surface area contributed by atoms with Crippen molar-refractivity contribution < 1.29 is 62.3 Å². The van der Waals surface area contributed by atoms with Crippen LogP contribution in [0.4, 0.5) is 5.69 Å². The second-order valence-electron chi connectivity index (χ2n) is 4.85. The van der Waals surface area contributed by atoms with Crippen LogP contribution in [0.5, 0.6) is 11.5 Å². The Kier molecular flexibility index (Phi) is 4.51. The molecule has 3 rings (SSSR count). The van der Waals surface area contributed by atoms with Crippen LogP contribution in [0.2, 0.25) is 0 Å². The minimum Gasteiger partial charge on any atom is -0.871 e. The minimum atomic E-state index is -5.14. The Balaban J connectivity index is 0.00000208. The number of hydrogen-bond acceptors (Lipinski definition) is 7. The van der Waals surface area contributed by atoms with Crippen molar-refractivity contribution in [2.75, 3.05) is 5.73 Å². The van der Waals surface area contributed by atoms with E-state index in [9.17, 15) is 28.2 Å². The van der Waals surface area contributed by atoms with Crippen LogP contribution in [0.25, 0.3) is 0 Å². The van der Waals surface area contributed by atoms with E-state index in [4.69, 9.17) is 10.3 Å². The van der Waals surface area contributed by atoms with E-state index in [0.717, 1.165) is 0 Å². The maximum absolute atomic E-state index is 12.5. The number of fused-ring (bicyclic) bond motifs is 2. The van der Waals surface area contributed by atoms with Crippen LogP contribution in [0, 0.1) is 0 Å². The van der Waals surface area contributed by atoms with Crippen molar-refractivity contribution in [1.29, 1.82) is 0 Å². The Morgan fingerprint density at radius 3 is 1.92 bits per heavy atom. The Morgan fingerprint density at radius 1 is 1.00 bits per heavy atom. The molecule has 0 aromatic heterocycles. The summed E-state index contributed by atoms with van der Waals surface area (Å²) < 4.78 is 31.7. The summed E-state index contributed by atoms with van der Waals surface area (Å²) in [7, 11) is -5.14. The quantitative estimate of drug-likeness (QED) is 0.181. The molecule has 1 aliphatic carbocycles. The summed E-state index contributed by atoms with van der Waals surface area (Å²) >= 11 is 0. The molecule has 8 nitrogen and oxygen atoms in total. The van der Waals surface area contributed by atoms with E-state index in [1.165, 1.54) is 24.3 Å². The zero-order chi connectivity index (χ0) is 17.1. The molecule has 0 spiro atoms. The van der Waals surface area contributed by atoms with Gasteiger partial charge in [-0.3, -0.25) is 14.1 Å². The summed E-state index contributed by atoms with van der Waals surface area (Å²) in [4.78, 5) is 23.5. The van der Waals surface area contributed by atoms with Crippen LogP contribution in [-0.4, -0.2) is 29.6 Å². The van der Waals surface area contributed by atoms with E-state index in [1.54, 1.807) is 0 Å². The number of anilines is 1. The number of ketones is 2. The molecule has 4 N–H and O–H groups in total. The Hall–Kier alpha value is -1.91. The molecule has 0 saturated heterocycles. The topological polar surface area (TPSA) is 158 Å². The van der Waals surface area contributed by atoms with E-state index >= 15 is 0 Å². The smallest absolute Gasteiger partial charge is 0.871 e. The molecule has 0 unspecified atom stereocenters. The molecule has 0 bridgehead atoms.